The van der Waals surface area contributed by atoms with Gasteiger partial charge in [0.15, 0.2) is 5.75 Å². The molecule has 0 aliphatic carbocycles. The van der Waals surface area contributed by atoms with Crippen LogP contribution in [-0.4, -0.2) is 26.8 Å². The van der Waals surface area contributed by atoms with E-state index in [1.165, 1.54) is 24.3 Å². The van der Waals surface area contributed by atoms with Crippen molar-refractivity contribution in [2.75, 3.05) is 0 Å². The Balaban J connectivity index is 1.52. The maximum Gasteiger partial charge on any atom is 0.265 e. The summed E-state index contributed by atoms with van der Waals surface area (Å²) in [6.45, 7) is -0.0872. The Kier molecular flexibility index (Phi) is 5.81. The molecule has 0 unspecified atom stereocenters. The number of imide groups is 1. The fourth-order valence-electron chi connectivity index (χ4n) is 4.77. The van der Waals surface area contributed by atoms with Crippen molar-refractivity contribution in [3.8, 4) is 11.5 Å². The summed E-state index contributed by atoms with van der Waals surface area (Å²) >= 11 is 0. The first kappa shape index (κ1) is 23.4. The minimum Gasteiger partial charge on any atom is -0.506 e. The van der Waals surface area contributed by atoms with Gasteiger partial charge in [-0.3, -0.25) is 19.5 Å². The molecule has 2 heterocycles. The largest absolute Gasteiger partial charge is 0.506 e. The first-order chi connectivity index (χ1) is 18.5. The Labute approximate surface area is 217 Å². The van der Waals surface area contributed by atoms with E-state index < -0.39 is 23.7 Å². The molecule has 0 spiro atoms. The summed E-state index contributed by atoms with van der Waals surface area (Å²) < 4.78 is 20.0. The number of pyridine rings is 1. The molecule has 0 atom stereocenters. The highest BCUT2D eigenvalue weighted by Crippen LogP contribution is 2.45. The topological polar surface area (TPSA) is 79.7 Å². The van der Waals surface area contributed by atoms with Gasteiger partial charge in [-0.25, -0.2) is 4.39 Å². The molecule has 1 N–H and O–H groups in total. The molecule has 0 fully saturated rings. The molecule has 0 radical (unpaired) electrons. The number of hydrogen-bond acceptors (Lipinski definition) is 5. The van der Waals surface area contributed by atoms with E-state index in [0.29, 0.717) is 10.9 Å². The van der Waals surface area contributed by atoms with Gasteiger partial charge in [-0.1, -0.05) is 72.8 Å². The number of hydrogen-bond donors (Lipinski definition) is 1. The highest BCUT2D eigenvalue weighted by molar-refractivity contribution is 6.26. The zero-order valence-corrected chi connectivity index (χ0v) is 20.0. The Morgan fingerprint density at radius 2 is 1.39 bits per heavy atom. The van der Waals surface area contributed by atoms with Crippen molar-refractivity contribution < 1.29 is 23.8 Å². The van der Waals surface area contributed by atoms with E-state index in [2.05, 4.69) is 4.98 Å². The van der Waals surface area contributed by atoms with E-state index in [9.17, 15) is 19.1 Å². The molecule has 1 aromatic heterocycles. The Morgan fingerprint density at radius 1 is 0.789 bits per heavy atom. The molecule has 1 aliphatic rings. The molecule has 6 nitrogen and oxygen atoms in total. The molecule has 0 bridgehead atoms. The van der Waals surface area contributed by atoms with E-state index in [1.54, 1.807) is 18.3 Å². The number of aromatic nitrogens is 1. The van der Waals surface area contributed by atoms with Crippen LogP contribution in [0, 0.1) is 5.82 Å². The van der Waals surface area contributed by atoms with Gasteiger partial charge in [0.05, 0.1) is 12.1 Å². The SMILES string of the molecule is O=C1c2c(c(OC(c3ccccc3)c3ccccc3)c3ncccc3c2O)C(=O)N1Cc1ccc(F)cc1. The summed E-state index contributed by atoms with van der Waals surface area (Å²) in [5.74, 6) is -1.91. The first-order valence-corrected chi connectivity index (χ1v) is 12.0. The van der Waals surface area contributed by atoms with E-state index in [-0.39, 0.29) is 34.7 Å². The van der Waals surface area contributed by atoms with Crippen LogP contribution in [0.2, 0.25) is 0 Å². The number of carbonyl (C=O) groups is 2. The molecule has 5 aromatic rings. The average Bonchev–Trinajstić information content (AvgIpc) is 3.20. The zero-order valence-electron chi connectivity index (χ0n) is 20.0. The predicted octanol–water partition coefficient (Wildman–Crippen LogP) is 6.04. The summed E-state index contributed by atoms with van der Waals surface area (Å²) in [6, 6.07) is 27.9. The predicted molar refractivity (Wildman–Crippen MR) is 139 cm³/mol. The van der Waals surface area contributed by atoms with Gasteiger partial charge in [0.2, 0.25) is 0 Å². The average molecular weight is 505 g/mol. The Bertz CT molecular complexity index is 1630. The van der Waals surface area contributed by atoms with Crippen molar-refractivity contribution in [2.45, 2.75) is 12.6 Å². The van der Waals surface area contributed by atoms with Gasteiger partial charge in [0.25, 0.3) is 11.8 Å². The number of phenols is 1. The van der Waals surface area contributed by atoms with Crippen LogP contribution in [0.25, 0.3) is 10.9 Å². The van der Waals surface area contributed by atoms with Gasteiger partial charge in [0.1, 0.15) is 28.8 Å². The number of benzene rings is 4. The highest BCUT2D eigenvalue weighted by Gasteiger charge is 2.43. The first-order valence-electron chi connectivity index (χ1n) is 12.0. The van der Waals surface area contributed by atoms with Crippen molar-refractivity contribution in [1.29, 1.82) is 0 Å². The lowest BCUT2D eigenvalue weighted by Gasteiger charge is -2.22. The quantitative estimate of drug-likeness (QED) is 0.285. The number of halogens is 1. The van der Waals surface area contributed by atoms with Crippen LogP contribution in [0.1, 0.15) is 43.5 Å². The van der Waals surface area contributed by atoms with Crippen molar-refractivity contribution in [2.24, 2.45) is 0 Å². The van der Waals surface area contributed by atoms with Crippen molar-refractivity contribution >= 4 is 22.7 Å². The van der Waals surface area contributed by atoms with E-state index >= 15 is 0 Å². The third-order valence-corrected chi connectivity index (χ3v) is 6.60. The van der Waals surface area contributed by atoms with E-state index in [0.717, 1.165) is 16.0 Å². The van der Waals surface area contributed by atoms with Crippen LogP contribution in [0.5, 0.6) is 11.5 Å². The maximum atomic E-state index is 13.8. The highest BCUT2D eigenvalue weighted by atomic mass is 19.1. The molecular weight excluding hydrogens is 483 g/mol. The molecule has 2 amide bonds. The van der Waals surface area contributed by atoms with Gasteiger partial charge in [-0.15, -0.1) is 0 Å². The van der Waals surface area contributed by atoms with Gasteiger partial charge in [-0.05, 0) is 41.0 Å². The molecule has 6 rings (SSSR count). The zero-order chi connectivity index (χ0) is 26.2. The summed E-state index contributed by atoms with van der Waals surface area (Å²) in [7, 11) is 0. The summed E-state index contributed by atoms with van der Waals surface area (Å²) in [6.07, 6.45) is 0.920. The second kappa shape index (κ2) is 9.44. The lowest BCUT2D eigenvalue weighted by Crippen LogP contribution is -2.29. The van der Waals surface area contributed by atoms with Crippen LogP contribution < -0.4 is 4.74 Å². The number of rotatable bonds is 6. The number of carbonyl (C=O) groups excluding carboxylic acids is 2. The number of fused-ring (bicyclic) bond motifs is 2. The third kappa shape index (κ3) is 3.94. The number of phenolic OH excluding ortho intramolecular Hbond substituents is 1. The smallest absolute Gasteiger partial charge is 0.265 e. The monoisotopic (exact) mass is 504 g/mol. The number of amides is 2. The molecule has 186 valence electrons. The fourth-order valence-corrected chi connectivity index (χ4v) is 4.77. The minimum absolute atomic E-state index is 0.0438. The molecule has 1 aliphatic heterocycles. The van der Waals surface area contributed by atoms with E-state index in [4.69, 9.17) is 4.74 Å². The lowest BCUT2D eigenvalue weighted by molar-refractivity contribution is 0.0640. The normalized spacial score (nSPS) is 12.8. The molecular formula is C31H21FN2O4. The number of ether oxygens (including phenoxy) is 1. The van der Waals surface area contributed by atoms with Crippen molar-refractivity contribution in [3.63, 3.8) is 0 Å². The standard InChI is InChI=1S/C31H21FN2O4/c32-22-15-13-19(14-16-22)18-34-30(36)24-25(31(34)37)29(26-23(27(24)35)12-7-17-33-26)38-28(20-8-3-1-4-9-20)21-10-5-2-6-11-21/h1-17,28,35H,18H2. The molecule has 0 saturated carbocycles. The number of nitrogens with zero attached hydrogens (tertiary/aromatic N) is 2. The fraction of sp³-hybridized carbons (Fsp3) is 0.0645. The molecule has 0 saturated heterocycles. The Morgan fingerprint density at radius 3 is 2.03 bits per heavy atom. The van der Waals surface area contributed by atoms with Crippen LogP contribution in [0.3, 0.4) is 0 Å². The van der Waals surface area contributed by atoms with Crippen LogP contribution in [0.4, 0.5) is 4.39 Å². The summed E-state index contributed by atoms with van der Waals surface area (Å²) in [5, 5.41) is 11.4. The van der Waals surface area contributed by atoms with Crippen molar-refractivity contribution in [1.82, 2.24) is 9.88 Å². The van der Waals surface area contributed by atoms with Crippen LogP contribution in [0.15, 0.2) is 103 Å². The van der Waals surface area contributed by atoms with Crippen molar-refractivity contribution in [3.05, 3.63) is 137 Å². The molecule has 4 aromatic carbocycles. The van der Waals surface area contributed by atoms with Gasteiger partial charge >= 0.3 is 0 Å². The van der Waals surface area contributed by atoms with E-state index in [1.807, 2.05) is 60.7 Å². The third-order valence-electron chi connectivity index (χ3n) is 6.60. The second-order valence-electron chi connectivity index (χ2n) is 8.97. The maximum absolute atomic E-state index is 13.8. The number of aromatic hydroxyl groups is 1. The second-order valence-corrected chi connectivity index (χ2v) is 8.97. The minimum atomic E-state index is -0.654. The summed E-state index contributed by atoms with van der Waals surface area (Å²) in [5.41, 5.74) is 2.33. The van der Waals surface area contributed by atoms with Crippen LogP contribution in [-0.2, 0) is 6.54 Å². The van der Waals surface area contributed by atoms with Crippen LogP contribution >= 0.6 is 0 Å². The van der Waals surface area contributed by atoms with Gasteiger partial charge < -0.3 is 9.84 Å². The molecule has 7 heteroatoms. The summed E-state index contributed by atoms with van der Waals surface area (Å²) in [4.78, 5) is 32.7. The van der Waals surface area contributed by atoms with Gasteiger partial charge in [0, 0.05) is 11.6 Å². The Hall–Kier alpha value is -5.04. The molecule has 38 heavy (non-hydrogen) atoms. The van der Waals surface area contributed by atoms with Gasteiger partial charge in [-0.2, -0.15) is 0 Å². The lowest BCUT2D eigenvalue weighted by atomic mass is 9.99.